The van der Waals surface area contributed by atoms with Crippen molar-refractivity contribution in [2.75, 3.05) is 17.2 Å². The third-order valence-corrected chi connectivity index (χ3v) is 10.4. The molecule has 5 aromatic rings. The molecule has 49 heavy (non-hydrogen) atoms. The van der Waals surface area contributed by atoms with E-state index in [4.69, 9.17) is 31.2 Å². The van der Waals surface area contributed by atoms with Crippen molar-refractivity contribution in [2.24, 2.45) is 0 Å². The van der Waals surface area contributed by atoms with E-state index < -0.39 is 6.04 Å². The Morgan fingerprint density at radius 1 is 0.980 bits per heavy atom. The average molecular weight is 759 g/mol. The van der Waals surface area contributed by atoms with Crippen LogP contribution in [-0.4, -0.2) is 27.3 Å². The highest BCUT2D eigenvalue weighted by Crippen LogP contribution is 2.44. The second kappa shape index (κ2) is 15.1. The molecule has 1 aliphatic rings. The second-order valence-electron chi connectivity index (χ2n) is 11.8. The Labute approximate surface area is 304 Å². The minimum Gasteiger partial charge on any atom is -0.490 e. The Morgan fingerprint density at radius 2 is 1.71 bits per heavy atom. The summed E-state index contributed by atoms with van der Waals surface area (Å²) in [6, 6.07) is 25.0. The maximum absolute atomic E-state index is 14.3. The first-order valence-electron chi connectivity index (χ1n) is 16.0. The number of carbonyl (C=O) groups is 1. The van der Waals surface area contributed by atoms with Gasteiger partial charge in [-0.25, -0.2) is 4.68 Å². The third kappa shape index (κ3) is 7.51. The first kappa shape index (κ1) is 34.6. The molecule has 0 saturated heterocycles. The predicted octanol–water partition coefficient (Wildman–Crippen LogP) is 9.82. The molecule has 0 saturated carbocycles. The second-order valence-corrected chi connectivity index (χ2v) is 14.0. The summed E-state index contributed by atoms with van der Waals surface area (Å²) < 4.78 is 15.0. The van der Waals surface area contributed by atoms with Crippen LogP contribution in [-0.2, 0) is 17.2 Å². The number of rotatable bonds is 11. The van der Waals surface area contributed by atoms with Crippen LogP contribution in [0.4, 0.5) is 11.6 Å². The van der Waals surface area contributed by atoms with Crippen molar-refractivity contribution >= 4 is 56.8 Å². The van der Waals surface area contributed by atoms with Gasteiger partial charge in [0.15, 0.2) is 11.5 Å². The maximum Gasteiger partial charge on any atom is 0.255 e. The Kier molecular flexibility index (Phi) is 10.7. The summed E-state index contributed by atoms with van der Waals surface area (Å²) in [5.74, 6) is 2.01. The topological polar surface area (TPSA) is 90.3 Å². The molecule has 0 bridgehead atoms. The number of allylic oxidation sites excluding steroid dienone is 1. The molecule has 6 rings (SSSR count). The van der Waals surface area contributed by atoms with Crippen molar-refractivity contribution < 1.29 is 14.3 Å². The lowest BCUT2D eigenvalue weighted by Gasteiger charge is -2.29. The van der Waals surface area contributed by atoms with E-state index in [9.17, 15) is 4.79 Å². The van der Waals surface area contributed by atoms with Crippen molar-refractivity contribution in [1.82, 2.24) is 14.8 Å². The fourth-order valence-electron chi connectivity index (χ4n) is 5.70. The van der Waals surface area contributed by atoms with Crippen LogP contribution in [0, 0.1) is 20.8 Å². The molecule has 11 heteroatoms. The summed E-state index contributed by atoms with van der Waals surface area (Å²) in [7, 11) is 0. The summed E-state index contributed by atoms with van der Waals surface area (Å²) in [6.45, 7) is 10.7. The molecular formula is C38H37BrClN5O3S. The van der Waals surface area contributed by atoms with E-state index in [1.54, 1.807) is 4.68 Å². The number of hydrogen-bond donors (Lipinski definition) is 2. The number of nitrogens with one attached hydrogen (secondary N) is 2. The normalized spacial score (nSPS) is 13.9. The summed E-state index contributed by atoms with van der Waals surface area (Å²) in [6.07, 6.45) is 0. The van der Waals surface area contributed by atoms with E-state index in [2.05, 4.69) is 45.6 Å². The number of aromatic nitrogens is 3. The molecule has 2 heterocycles. The molecule has 0 radical (unpaired) electrons. The van der Waals surface area contributed by atoms with Gasteiger partial charge in [0, 0.05) is 22.2 Å². The lowest BCUT2D eigenvalue weighted by atomic mass is 9.94. The number of fused-ring (bicyclic) bond motifs is 1. The highest BCUT2D eigenvalue weighted by molar-refractivity contribution is 9.10. The number of thioether (sulfide) groups is 1. The number of carbonyl (C=O) groups excluding carboxylic acids is 1. The summed E-state index contributed by atoms with van der Waals surface area (Å²) in [5, 5.41) is 12.7. The molecule has 0 spiro atoms. The maximum atomic E-state index is 14.3. The number of halogens is 2. The van der Waals surface area contributed by atoms with E-state index in [-0.39, 0.29) is 5.91 Å². The highest BCUT2D eigenvalue weighted by atomic mass is 79.9. The Bertz CT molecular complexity index is 2060. The monoisotopic (exact) mass is 757 g/mol. The largest absolute Gasteiger partial charge is 0.490 e. The van der Waals surface area contributed by atoms with Gasteiger partial charge in [0.1, 0.15) is 12.6 Å². The molecule has 1 aliphatic heterocycles. The fourth-order valence-corrected chi connectivity index (χ4v) is 7.39. The van der Waals surface area contributed by atoms with Crippen molar-refractivity contribution in [2.45, 2.75) is 58.2 Å². The molecule has 1 atom stereocenters. The standard InChI is InChI=1S/C38H37BrClN5O3S/c1-6-47-32-19-28(18-29(39)35(32)48-20-26-14-8-7-12-23(26)3)34-33(36(46)42-31-17-11-13-22(2)24(31)4)25(5)41-37-43-38(44-45(34)37)49-21-27-15-9-10-16-30(27)40/h7-19,34H,6,20-21H2,1-5H3,(H,42,46)(H,41,43,44). The van der Waals surface area contributed by atoms with Gasteiger partial charge < -0.3 is 20.1 Å². The first-order chi connectivity index (χ1) is 23.6. The minimum atomic E-state index is -0.635. The zero-order chi connectivity index (χ0) is 34.7. The smallest absolute Gasteiger partial charge is 0.255 e. The average Bonchev–Trinajstić information content (AvgIpc) is 3.48. The number of nitrogens with zero attached hydrogens (tertiary/aromatic N) is 3. The van der Waals surface area contributed by atoms with Gasteiger partial charge in [0.2, 0.25) is 11.1 Å². The van der Waals surface area contributed by atoms with Gasteiger partial charge in [-0.15, -0.1) is 5.10 Å². The summed E-state index contributed by atoms with van der Waals surface area (Å²) in [5.41, 5.74) is 8.01. The molecule has 1 amide bonds. The van der Waals surface area contributed by atoms with Crippen LogP contribution in [0.25, 0.3) is 0 Å². The first-order valence-corrected chi connectivity index (χ1v) is 18.1. The Morgan fingerprint density at radius 3 is 2.47 bits per heavy atom. The van der Waals surface area contributed by atoms with Crippen molar-refractivity contribution in [3.8, 4) is 11.5 Å². The van der Waals surface area contributed by atoms with E-state index in [1.165, 1.54) is 11.8 Å². The van der Waals surface area contributed by atoms with Gasteiger partial charge in [-0.2, -0.15) is 4.98 Å². The molecular weight excluding hydrogens is 722 g/mol. The lowest BCUT2D eigenvalue weighted by Crippen LogP contribution is -2.31. The van der Waals surface area contributed by atoms with E-state index in [1.807, 2.05) is 94.4 Å². The summed E-state index contributed by atoms with van der Waals surface area (Å²) in [4.78, 5) is 19.1. The minimum absolute atomic E-state index is 0.246. The third-order valence-electron chi connectivity index (χ3n) is 8.53. The van der Waals surface area contributed by atoms with Crippen LogP contribution >= 0.6 is 39.3 Å². The van der Waals surface area contributed by atoms with Gasteiger partial charge in [0.05, 0.1) is 16.7 Å². The number of amides is 1. The molecule has 0 aliphatic carbocycles. The molecule has 8 nitrogen and oxygen atoms in total. The van der Waals surface area contributed by atoms with Crippen molar-refractivity contribution in [3.63, 3.8) is 0 Å². The number of benzene rings is 4. The van der Waals surface area contributed by atoms with Crippen LogP contribution in [0.15, 0.2) is 99.8 Å². The molecule has 2 N–H and O–H groups in total. The Hall–Kier alpha value is -4.25. The highest BCUT2D eigenvalue weighted by Gasteiger charge is 2.36. The zero-order valence-electron chi connectivity index (χ0n) is 27.9. The van der Waals surface area contributed by atoms with Crippen molar-refractivity contribution in [1.29, 1.82) is 0 Å². The van der Waals surface area contributed by atoms with Crippen molar-refractivity contribution in [3.05, 3.63) is 133 Å². The number of anilines is 2. The SMILES string of the molecule is CCOc1cc(C2C(C(=O)Nc3cccc(C)c3C)=C(C)Nc3nc(SCc4ccccc4Cl)nn32)cc(Br)c1OCc1ccccc1C. The number of aryl methyl sites for hydroxylation is 2. The molecule has 1 aromatic heterocycles. The van der Waals surface area contributed by atoms with Gasteiger partial charge in [-0.1, -0.05) is 78.0 Å². The quantitative estimate of drug-likeness (QED) is 0.130. The Balaban J connectivity index is 1.41. The predicted molar refractivity (Wildman–Crippen MR) is 201 cm³/mol. The molecule has 1 unspecified atom stereocenters. The van der Waals surface area contributed by atoms with Gasteiger partial charge in [0.25, 0.3) is 5.91 Å². The molecule has 0 fully saturated rings. The van der Waals surface area contributed by atoms with Crippen LogP contribution in [0.3, 0.4) is 0 Å². The molecule has 252 valence electrons. The van der Waals surface area contributed by atoms with E-state index >= 15 is 0 Å². The van der Waals surface area contributed by atoms with Crippen LogP contribution in [0.5, 0.6) is 11.5 Å². The van der Waals surface area contributed by atoms with Crippen LogP contribution in [0.1, 0.15) is 53.3 Å². The summed E-state index contributed by atoms with van der Waals surface area (Å²) >= 11 is 11.7. The zero-order valence-corrected chi connectivity index (χ0v) is 31.1. The lowest BCUT2D eigenvalue weighted by molar-refractivity contribution is -0.113. The van der Waals surface area contributed by atoms with Gasteiger partial charge in [-0.05, 0) is 108 Å². The molecule has 4 aromatic carbocycles. The van der Waals surface area contributed by atoms with Gasteiger partial charge >= 0.3 is 0 Å². The van der Waals surface area contributed by atoms with Crippen LogP contribution < -0.4 is 20.1 Å². The van der Waals surface area contributed by atoms with E-state index in [0.717, 1.165) is 39.1 Å². The fraction of sp³-hybridized carbons (Fsp3) is 0.237. The van der Waals surface area contributed by atoms with Gasteiger partial charge in [-0.3, -0.25) is 4.79 Å². The number of hydrogen-bond acceptors (Lipinski definition) is 7. The van der Waals surface area contributed by atoms with E-state index in [0.29, 0.717) is 62.3 Å². The van der Waals surface area contributed by atoms with Crippen LogP contribution in [0.2, 0.25) is 5.02 Å². The number of ether oxygens (including phenoxy) is 2.